The molecule has 2 heterocycles. The van der Waals surface area contributed by atoms with Crippen LogP contribution in [0.25, 0.3) is 10.9 Å². The van der Waals surface area contributed by atoms with Crippen LogP contribution < -0.4 is 5.32 Å². The van der Waals surface area contributed by atoms with Gasteiger partial charge in [0.25, 0.3) is 5.91 Å². The van der Waals surface area contributed by atoms with Gasteiger partial charge in [0.05, 0.1) is 6.10 Å². The van der Waals surface area contributed by atoms with E-state index >= 15 is 0 Å². The van der Waals surface area contributed by atoms with Gasteiger partial charge in [-0.25, -0.2) is 0 Å². The Morgan fingerprint density at radius 3 is 2.83 bits per heavy atom. The molecule has 0 bridgehead atoms. The highest BCUT2D eigenvalue weighted by Crippen LogP contribution is 2.19. The van der Waals surface area contributed by atoms with Crippen molar-refractivity contribution in [1.29, 1.82) is 0 Å². The molecule has 24 heavy (non-hydrogen) atoms. The number of aryl methyl sites for hydroxylation is 1. The van der Waals surface area contributed by atoms with Crippen LogP contribution in [0.15, 0.2) is 30.5 Å². The van der Waals surface area contributed by atoms with Gasteiger partial charge in [0.2, 0.25) is 0 Å². The number of hydrogen-bond donors (Lipinski definition) is 2. The first-order valence-electron chi connectivity index (χ1n) is 8.77. The summed E-state index contributed by atoms with van der Waals surface area (Å²) >= 11 is 0. The summed E-state index contributed by atoms with van der Waals surface area (Å²) in [6.45, 7) is 5.26. The Kier molecular flexibility index (Phi) is 5.21. The van der Waals surface area contributed by atoms with E-state index in [9.17, 15) is 9.90 Å². The standard InChI is InChI=1S/C19H27N3O2/c1-14-6-10-22(11-7-14)13-15(23)12-20-19(24)17-4-3-5-18-16(17)8-9-21(18)2/h3-5,8-9,14-15,23H,6-7,10-13H2,1-2H3,(H,20,24). The minimum atomic E-state index is -0.530. The predicted octanol–water partition coefficient (Wildman–Crippen LogP) is 2.00. The number of carbonyl (C=O) groups excluding carboxylic acids is 1. The van der Waals surface area contributed by atoms with E-state index in [4.69, 9.17) is 0 Å². The highest BCUT2D eigenvalue weighted by atomic mass is 16.3. The summed E-state index contributed by atoms with van der Waals surface area (Å²) in [5.74, 6) is 0.655. The van der Waals surface area contributed by atoms with Crippen molar-refractivity contribution in [3.63, 3.8) is 0 Å². The second-order valence-electron chi connectivity index (χ2n) is 7.01. The molecule has 0 saturated carbocycles. The smallest absolute Gasteiger partial charge is 0.252 e. The summed E-state index contributed by atoms with van der Waals surface area (Å²) < 4.78 is 2.00. The van der Waals surface area contributed by atoms with Crippen LogP contribution in [0.3, 0.4) is 0 Å². The van der Waals surface area contributed by atoms with E-state index in [0.29, 0.717) is 12.1 Å². The minimum Gasteiger partial charge on any atom is -0.390 e. The lowest BCUT2D eigenvalue weighted by molar-refractivity contribution is 0.0796. The van der Waals surface area contributed by atoms with Crippen molar-refractivity contribution in [2.24, 2.45) is 13.0 Å². The molecule has 1 aromatic carbocycles. The molecule has 1 aliphatic rings. The van der Waals surface area contributed by atoms with Crippen LogP contribution in [0, 0.1) is 5.92 Å². The van der Waals surface area contributed by atoms with Gasteiger partial charge in [-0.2, -0.15) is 0 Å². The second-order valence-corrected chi connectivity index (χ2v) is 7.01. The van der Waals surface area contributed by atoms with Gasteiger partial charge < -0.3 is 19.9 Å². The van der Waals surface area contributed by atoms with Crippen LogP contribution in [0.1, 0.15) is 30.1 Å². The van der Waals surface area contributed by atoms with Crippen LogP contribution in [-0.4, -0.2) is 52.8 Å². The maximum Gasteiger partial charge on any atom is 0.252 e. The van der Waals surface area contributed by atoms with Crippen molar-refractivity contribution in [2.75, 3.05) is 26.2 Å². The SMILES string of the molecule is CC1CCN(CC(O)CNC(=O)c2cccc3c2ccn3C)CC1. The van der Waals surface area contributed by atoms with Crippen molar-refractivity contribution in [3.05, 3.63) is 36.0 Å². The first-order chi connectivity index (χ1) is 11.5. The number of aliphatic hydroxyl groups excluding tert-OH is 1. The average molecular weight is 329 g/mol. The molecule has 130 valence electrons. The van der Waals surface area contributed by atoms with Crippen molar-refractivity contribution in [2.45, 2.75) is 25.9 Å². The average Bonchev–Trinajstić information content (AvgIpc) is 2.96. The molecule has 1 aromatic heterocycles. The molecule has 0 spiro atoms. The molecule has 1 saturated heterocycles. The van der Waals surface area contributed by atoms with E-state index in [1.807, 2.05) is 42.1 Å². The van der Waals surface area contributed by atoms with Crippen molar-refractivity contribution in [1.82, 2.24) is 14.8 Å². The third-order valence-electron chi connectivity index (χ3n) is 5.02. The van der Waals surface area contributed by atoms with E-state index in [-0.39, 0.29) is 12.5 Å². The summed E-state index contributed by atoms with van der Waals surface area (Å²) in [4.78, 5) is 14.7. The number of fused-ring (bicyclic) bond motifs is 1. The number of piperidine rings is 1. The lowest BCUT2D eigenvalue weighted by Crippen LogP contribution is -2.43. The van der Waals surface area contributed by atoms with E-state index < -0.39 is 6.10 Å². The maximum absolute atomic E-state index is 12.5. The molecule has 2 N–H and O–H groups in total. The fraction of sp³-hybridized carbons (Fsp3) is 0.526. The lowest BCUT2D eigenvalue weighted by Gasteiger charge is -2.31. The topological polar surface area (TPSA) is 57.5 Å². The largest absolute Gasteiger partial charge is 0.390 e. The number of likely N-dealkylation sites (tertiary alicyclic amines) is 1. The van der Waals surface area contributed by atoms with Crippen molar-refractivity contribution < 1.29 is 9.90 Å². The zero-order chi connectivity index (χ0) is 17.1. The zero-order valence-corrected chi connectivity index (χ0v) is 14.5. The molecule has 1 unspecified atom stereocenters. The number of nitrogens with zero attached hydrogens (tertiary/aromatic N) is 2. The molecular weight excluding hydrogens is 302 g/mol. The Balaban J connectivity index is 1.55. The van der Waals surface area contributed by atoms with Gasteiger partial charge in [0, 0.05) is 42.8 Å². The first kappa shape index (κ1) is 17.0. The summed E-state index contributed by atoms with van der Waals surface area (Å²) in [6, 6.07) is 7.67. The quantitative estimate of drug-likeness (QED) is 0.882. The van der Waals surface area contributed by atoms with Crippen LogP contribution in [0.2, 0.25) is 0 Å². The first-order valence-corrected chi connectivity index (χ1v) is 8.77. The Hall–Kier alpha value is -1.85. The Morgan fingerprint density at radius 2 is 2.08 bits per heavy atom. The number of nitrogens with one attached hydrogen (secondary N) is 1. The van der Waals surface area contributed by atoms with Crippen LogP contribution >= 0.6 is 0 Å². The van der Waals surface area contributed by atoms with Crippen molar-refractivity contribution >= 4 is 16.8 Å². The highest BCUT2D eigenvalue weighted by Gasteiger charge is 2.19. The van der Waals surface area contributed by atoms with Gasteiger partial charge in [-0.05, 0) is 50.0 Å². The normalized spacial score (nSPS) is 18.0. The molecule has 0 radical (unpaired) electrons. The van der Waals surface area contributed by atoms with Gasteiger partial charge in [0.15, 0.2) is 0 Å². The summed E-state index contributed by atoms with van der Waals surface area (Å²) in [5, 5.41) is 14.0. The van der Waals surface area contributed by atoms with Crippen LogP contribution in [0.5, 0.6) is 0 Å². The molecule has 1 aliphatic heterocycles. The fourth-order valence-corrected chi connectivity index (χ4v) is 3.41. The molecule has 5 heteroatoms. The number of rotatable bonds is 5. The lowest BCUT2D eigenvalue weighted by atomic mass is 9.99. The van der Waals surface area contributed by atoms with Crippen LogP contribution in [-0.2, 0) is 7.05 Å². The number of aliphatic hydroxyl groups is 1. The monoisotopic (exact) mass is 329 g/mol. The third-order valence-corrected chi connectivity index (χ3v) is 5.02. The summed E-state index contributed by atoms with van der Waals surface area (Å²) in [5.41, 5.74) is 1.69. The molecule has 5 nitrogen and oxygen atoms in total. The number of hydrogen-bond acceptors (Lipinski definition) is 3. The van der Waals surface area contributed by atoms with Gasteiger partial charge in [-0.1, -0.05) is 13.0 Å². The third kappa shape index (κ3) is 3.79. The number of carbonyl (C=O) groups is 1. The molecule has 1 fully saturated rings. The second kappa shape index (κ2) is 7.36. The van der Waals surface area contributed by atoms with E-state index in [0.717, 1.165) is 29.9 Å². The molecule has 1 amide bonds. The van der Waals surface area contributed by atoms with Crippen LogP contribution in [0.4, 0.5) is 0 Å². The predicted molar refractivity (Wildman–Crippen MR) is 96.1 cm³/mol. The van der Waals surface area contributed by atoms with Crippen molar-refractivity contribution in [3.8, 4) is 0 Å². The van der Waals surface area contributed by atoms with E-state index in [2.05, 4.69) is 17.1 Å². The Morgan fingerprint density at radius 1 is 1.33 bits per heavy atom. The fourth-order valence-electron chi connectivity index (χ4n) is 3.41. The molecule has 3 rings (SSSR count). The summed E-state index contributed by atoms with van der Waals surface area (Å²) in [6.07, 6.45) is 3.80. The number of amides is 1. The van der Waals surface area contributed by atoms with E-state index in [1.54, 1.807) is 0 Å². The number of benzene rings is 1. The minimum absolute atomic E-state index is 0.127. The Bertz CT molecular complexity index is 702. The summed E-state index contributed by atoms with van der Waals surface area (Å²) in [7, 11) is 1.97. The van der Waals surface area contributed by atoms with Gasteiger partial charge in [-0.3, -0.25) is 4.79 Å². The number of aromatic nitrogens is 1. The van der Waals surface area contributed by atoms with E-state index in [1.165, 1.54) is 12.8 Å². The molecule has 2 aromatic rings. The maximum atomic E-state index is 12.5. The molecule has 1 atom stereocenters. The van der Waals surface area contributed by atoms with Gasteiger partial charge in [-0.15, -0.1) is 0 Å². The van der Waals surface area contributed by atoms with Gasteiger partial charge in [0.1, 0.15) is 0 Å². The zero-order valence-electron chi connectivity index (χ0n) is 14.5. The Labute approximate surface area is 143 Å². The number of β-amino-alcohol motifs (C(OH)–C–C–N with tert-alkyl or cyclic N) is 1. The highest BCUT2D eigenvalue weighted by molar-refractivity contribution is 6.06. The molecular formula is C19H27N3O2. The molecule has 0 aliphatic carbocycles. The van der Waals surface area contributed by atoms with Gasteiger partial charge >= 0.3 is 0 Å².